The van der Waals surface area contributed by atoms with Crippen molar-refractivity contribution in [2.24, 2.45) is 0 Å². The Hall–Kier alpha value is -3.07. The van der Waals surface area contributed by atoms with Crippen molar-refractivity contribution in [3.63, 3.8) is 0 Å². The predicted octanol–water partition coefficient (Wildman–Crippen LogP) is 4.29. The number of carbonyl (C=O) groups is 2. The van der Waals surface area contributed by atoms with Crippen LogP contribution in [0.25, 0.3) is 6.08 Å². The molecule has 2 aromatic carbocycles. The zero-order valence-corrected chi connectivity index (χ0v) is 18.2. The molecule has 0 aliphatic rings. The lowest BCUT2D eigenvalue weighted by Crippen LogP contribution is -2.15. The minimum Gasteiger partial charge on any atom is -0.383 e. The summed E-state index contributed by atoms with van der Waals surface area (Å²) in [5, 5.41) is 3.93. The lowest BCUT2D eigenvalue weighted by molar-refractivity contribution is -0.113. The number of nitrogen functional groups attached to an aromatic ring is 1. The Morgan fingerprint density at radius 3 is 2.55 bits per heavy atom. The van der Waals surface area contributed by atoms with Gasteiger partial charge in [-0.05, 0) is 54.1 Å². The van der Waals surface area contributed by atoms with Crippen molar-refractivity contribution in [1.29, 1.82) is 0 Å². The maximum atomic E-state index is 12.4. The molecule has 158 valence electrons. The van der Waals surface area contributed by atoms with Crippen LogP contribution < -0.4 is 16.6 Å². The molecule has 0 atom stereocenters. The Bertz CT molecular complexity index is 1210. The van der Waals surface area contributed by atoms with E-state index in [2.05, 4.69) is 15.3 Å². The van der Waals surface area contributed by atoms with Gasteiger partial charge in [0.25, 0.3) is 5.56 Å². The van der Waals surface area contributed by atoms with Crippen LogP contribution in [0.5, 0.6) is 0 Å². The first-order valence-electron chi connectivity index (χ1n) is 8.87. The van der Waals surface area contributed by atoms with Gasteiger partial charge < -0.3 is 16.0 Å². The van der Waals surface area contributed by atoms with Gasteiger partial charge in [-0.3, -0.25) is 14.4 Å². The van der Waals surface area contributed by atoms with Gasteiger partial charge in [-0.15, -0.1) is 0 Å². The van der Waals surface area contributed by atoms with E-state index < -0.39 is 0 Å². The van der Waals surface area contributed by atoms with Crippen LogP contribution in [0.3, 0.4) is 0 Å². The fourth-order valence-electron chi connectivity index (χ4n) is 2.47. The summed E-state index contributed by atoms with van der Waals surface area (Å²) in [4.78, 5) is 42.2. The molecule has 1 heterocycles. The predicted molar refractivity (Wildman–Crippen MR) is 125 cm³/mol. The number of aromatic amines is 1. The van der Waals surface area contributed by atoms with Crippen molar-refractivity contribution < 1.29 is 9.59 Å². The standard InChI is InChI=1S/C21H16Cl2N4O3S/c22-14-5-1-12(16(23)9-14)4-8-17(28)13-2-6-15(7-3-13)25-20(30)11-31-21-26-18(24)10-19(29)27-21/h1-10H,11H2,(H,25,30)(H3,24,26,27,29)/b8-4+. The van der Waals surface area contributed by atoms with E-state index in [1.54, 1.807) is 48.5 Å². The van der Waals surface area contributed by atoms with Gasteiger partial charge in [0.05, 0.1) is 5.75 Å². The van der Waals surface area contributed by atoms with Crippen LogP contribution in [0.1, 0.15) is 15.9 Å². The largest absolute Gasteiger partial charge is 0.383 e. The molecule has 0 radical (unpaired) electrons. The van der Waals surface area contributed by atoms with Crippen molar-refractivity contribution >= 4 is 64.2 Å². The number of hydrogen-bond donors (Lipinski definition) is 3. The minimum atomic E-state index is -0.386. The second-order valence-electron chi connectivity index (χ2n) is 6.25. The quantitative estimate of drug-likeness (QED) is 0.203. The SMILES string of the molecule is Nc1cc(=O)[nH]c(SCC(=O)Nc2ccc(C(=O)/C=C/c3ccc(Cl)cc3Cl)cc2)n1. The number of nitrogens with one attached hydrogen (secondary N) is 2. The van der Waals surface area contributed by atoms with Gasteiger partial charge in [-0.2, -0.15) is 0 Å². The number of aromatic nitrogens is 2. The first-order chi connectivity index (χ1) is 14.8. The van der Waals surface area contributed by atoms with Gasteiger partial charge in [0.2, 0.25) is 5.91 Å². The van der Waals surface area contributed by atoms with Crippen LogP contribution in [0.4, 0.5) is 11.5 Å². The van der Waals surface area contributed by atoms with Crippen LogP contribution in [-0.4, -0.2) is 27.4 Å². The molecule has 31 heavy (non-hydrogen) atoms. The highest BCUT2D eigenvalue weighted by Gasteiger charge is 2.08. The van der Waals surface area contributed by atoms with Crippen molar-refractivity contribution in [3.8, 4) is 0 Å². The number of carbonyl (C=O) groups excluding carboxylic acids is 2. The normalized spacial score (nSPS) is 10.9. The molecule has 0 fully saturated rings. The second-order valence-corrected chi connectivity index (χ2v) is 8.06. The highest BCUT2D eigenvalue weighted by Crippen LogP contribution is 2.22. The lowest BCUT2D eigenvalue weighted by Gasteiger charge is -2.06. The number of hydrogen-bond acceptors (Lipinski definition) is 6. The third-order valence-electron chi connectivity index (χ3n) is 3.91. The maximum Gasteiger partial charge on any atom is 0.253 e. The van der Waals surface area contributed by atoms with E-state index in [1.165, 1.54) is 6.08 Å². The molecule has 1 aromatic heterocycles. The summed E-state index contributed by atoms with van der Waals surface area (Å²) in [5.74, 6) is -0.403. The van der Waals surface area contributed by atoms with Crippen molar-refractivity contribution in [2.75, 3.05) is 16.8 Å². The van der Waals surface area contributed by atoms with Crippen LogP contribution in [-0.2, 0) is 4.79 Å². The first kappa shape index (κ1) is 22.6. The number of allylic oxidation sites excluding steroid dienone is 1. The van der Waals surface area contributed by atoms with Gasteiger partial charge in [0.15, 0.2) is 10.9 Å². The lowest BCUT2D eigenvalue weighted by atomic mass is 10.1. The summed E-state index contributed by atoms with van der Waals surface area (Å²) >= 11 is 13.0. The van der Waals surface area contributed by atoms with Crippen molar-refractivity contribution in [1.82, 2.24) is 9.97 Å². The number of rotatable bonds is 7. The molecule has 0 saturated heterocycles. The van der Waals surface area contributed by atoms with Gasteiger partial charge in [0.1, 0.15) is 5.82 Å². The third-order valence-corrected chi connectivity index (χ3v) is 5.35. The monoisotopic (exact) mass is 474 g/mol. The molecule has 0 aliphatic heterocycles. The molecule has 0 unspecified atom stereocenters. The molecule has 7 nitrogen and oxygen atoms in total. The molecule has 1 amide bonds. The Labute approximate surface area is 191 Å². The van der Waals surface area contributed by atoms with Gasteiger partial charge in [0, 0.05) is 27.4 Å². The minimum absolute atomic E-state index is 0.0255. The number of amides is 1. The van der Waals surface area contributed by atoms with Gasteiger partial charge >= 0.3 is 0 Å². The van der Waals surface area contributed by atoms with Crippen LogP contribution in [0.2, 0.25) is 10.0 Å². The molecule has 3 rings (SSSR count). The second kappa shape index (κ2) is 10.3. The van der Waals surface area contributed by atoms with E-state index in [1.807, 2.05) is 0 Å². The van der Waals surface area contributed by atoms with Gasteiger partial charge in [-0.25, -0.2) is 4.98 Å². The van der Waals surface area contributed by atoms with Gasteiger partial charge in [-0.1, -0.05) is 41.0 Å². The number of ketones is 1. The number of H-pyrrole nitrogens is 1. The van der Waals surface area contributed by atoms with Crippen LogP contribution in [0.15, 0.2) is 64.6 Å². The Kier molecular flexibility index (Phi) is 7.51. The van der Waals surface area contributed by atoms with Crippen molar-refractivity contribution in [2.45, 2.75) is 5.16 Å². The fraction of sp³-hybridized carbons (Fsp3) is 0.0476. The number of thioether (sulfide) groups is 1. The molecule has 0 spiro atoms. The summed E-state index contributed by atoms with van der Waals surface area (Å²) in [5.41, 5.74) is 6.78. The number of benzene rings is 2. The average molecular weight is 475 g/mol. The Morgan fingerprint density at radius 2 is 1.87 bits per heavy atom. The topological polar surface area (TPSA) is 118 Å². The van der Waals surface area contributed by atoms with E-state index in [-0.39, 0.29) is 34.0 Å². The first-order valence-corrected chi connectivity index (χ1v) is 10.6. The van der Waals surface area contributed by atoms with E-state index in [9.17, 15) is 14.4 Å². The maximum absolute atomic E-state index is 12.4. The molecule has 3 aromatic rings. The number of nitrogens with zero attached hydrogens (tertiary/aromatic N) is 1. The smallest absolute Gasteiger partial charge is 0.253 e. The van der Waals surface area contributed by atoms with Crippen molar-refractivity contribution in [3.05, 3.63) is 86.1 Å². The van der Waals surface area contributed by atoms with E-state index >= 15 is 0 Å². The molecular formula is C21H16Cl2N4O3S. The Balaban J connectivity index is 1.56. The molecule has 4 N–H and O–H groups in total. The summed E-state index contributed by atoms with van der Waals surface area (Å²) in [6.07, 6.45) is 3.03. The zero-order valence-electron chi connectivity index (χ0n) is 15.9. The summed E-state index contributed by atoms with van der Waals surface area (Å²) in [7, 11) is 0. The van der Waals surface area contributed by atoms with E-state index in [0.29, 0.717) is 26.9 Å². The number of halogens is 2. The summed E-state index contributed by atoms with van der Waals surface area (Å²) in [6, 6.07) is 12.6. The molecule has 10 heteroatoms. The highest BCUT2D eigenvalue weighted by atomic mass is 35.5. The fourth-order valence-corrected chi connectivity index (χ4v) is 3.62. The molecule has 0 saturated carbocycles. The number of nitrogens with two attached hydrogens (primary N) is 1. The number of anilines is 2. The molecule has 0 bridgehead atoms. The third kappa shape index (κ3) is 6.71. The summed E-state index contributed by atoms with van der Waals surface area (Å²) in [6.45, 7) is 0. The van der Waals surface area contributed by atoms with Crippen LogP contribution >= 0.6 is 35.0 Å². The van der Waals surface area contributed by atoms with E-state index in [0.717, 1.165) is 17.8 Å². The molecular weight excluding hydrogens is 459 g/mol. The van der Waals surface area contributed by atoms with E-state index in [4.69, 9.17) is 28.9 Å². The average Bonchev–Trinajstić information content (AvgIpc) is 2.71. The summed E-state index contributed by atoms with van der Waals surface area (Å²) < 4.78 is 0. The molecule has 0 aliphatic carbocycles. The van der Waals surface area contributed by atoms with Crippen LogP contribution in [0, 0.1) is 0 Å². The zero-order chi connectivity index (χ0) is 22.4. The highest BCUT2D eigenvalue weighted by molar-refractivity contribution is 7.99. The Morgan fingerprint density at radius 1 is 1.13 bits per heavy atom.